The van der Waals surface area contributed by atoms with Crippen LogP contribution in [0.4, 0.5) is 17.3 Å². The Kier molecular flexibility index (Phi) is 6.39. The maximum Gasteiger partial charge on any atom is 0.270 e. The lowest BCUT2D eigenvalue weighted by Gasteiger charge is -2.17. The highest BCUT2D eigenvalue weighted by Gasteiger charge is 2.13. The van der Waals surface area contributed by atoms with Gasteiger partial charge in [0.1, 0.15) is 5.69 Å². The van der Waals surface area contributed by atoms with Gasteiger partial charge in [0, 0.05) is 37.2 Å². The molecule has 1 aliphatic heterocycles. The SMILES string of the molecule is O=C(NCCC1=CCCCC1)c1ccnc(Nc2ccc(N3CCCC3)cc2)n1. The first-order valence-corrected chi connectivity index (χ1v) is 10.7. The Bertz CT molecular complexity index is 856. The zero-order chi connectivity index (χ0) is 19.9. The standard InChI is InChI=1S/C23H29N5O/c29-22(24-14-12-18-6-2-1-3-7-18)21-13-15-25-23(27-21)26-19-8-10-20(11-9-19)28-16-4-5-17-28/h6,8-11,13,15H,1-5,7,12,14,16-17H2,(H,24,29)(H,25,26,27). The molecule has 2 heterocycles. The van der Waals surface area contributed by atoms with Gasteiger partial charge in [-0.25, -0.2) is 9.97 Å². The van der Waals surface area contributed by atoms with Gasteiger partial charge in [-0.2, -0.15) is 0 Å². The molecule has 1 fully saturated rings. The second-order valence-corrected chi connectivity index (χ2v) is 7.75. The molecule has 2 aromatic rings. The Balaban J connectivity index is 1.31. The molecular formula is C23H29N5O. The normalized spacial score (nSPS) is 16.4. The lowest BCUT2D eigenvalue weighted by atomic mass is 9.97. The topological polar surface area (TPSA) is 70.2 Å². The molecule has 1 aromatic carbocycles. The fourth-order valence-electron chi connectivity index (χ4n) is 3.96. The van der Waals surface area contributed by atoms with E-state index >= 15 is 0 Å². The number of hydrogen-bond donors (Lipinski definition) is 2. The molecule has 1 aliphatic carbocycles. The van der Waals surface area contributed by atoms with Crippen molar-refractivity contribution in [2.75, 3.05) is 29.9 Å². The van der Waals surface area contributed by atoms with Crippen LogP contribution in [0.15, 0.2) is 48.2 Å². The fourth-order valence-corrected chi connectivity index (χ4v) is 3.96. The van der Waals surface area contributed by atoms with Crippen LogP contribution in [0, 0.1) is 0 Å². The van der Waals surface area contributed by atoms with E-state index in [1.165, 1.54) is 43.4 Å². The predicted octanol–water partition coefficient (Wildman–Crippen LogP) is 4.44. The largest absolute Gasteiger partial charge is 0.372 e. The summed E-state index contributed by atoms with van der Waals surface area (Å²) in [5.74, 6) is 0.276. The van der Waals surface area contributed by atoms with Gasteiger partial charge < -0.3 is 15.5 Å². The van der Waals surface area contributed by atoms with E-state index in [9.17, 15) is 4.79 Å². The number of benzene rings is 1. The number of nitrogens with one attached hydrogen (secondary N) is 2. The lowest BCUT2D eigenvalue weighted by molar-refractivity contribution is 0.0949. The summed E-state index contributed by atoms with van der Waals surface area (Å²) in [7, 11) is 0. The Labute approximate surface area is 172 Å². The van der Waals surface area contributed by atoms with E-state index in [0.29, 0.717) is 18.2 Å². The van der Waals surface area contributed by atoms with Crippen LogP contribution in [0.1, 0.15) is 55.4 Å². The summed E-state index contributed by atoms with van der Waals surface area (Å²) in [6.07, 6.45) is 12.3. The van der Waals surface area contributed by atoms with E-state index in [2.05, 4.69) is 43.7 Å². The minimum absolute atomic E-state index is 0.156. The van der Waals surface area contributed by atoms with Crippen LogP contribution < -0.4 is 15.5 Å². The van der Waals surface area contributed by atoms with E-state index in [1.807, 2.05) is 12.1 Å². The molecule has 0 saturated carbocycles. The fraction of sp³-hybridized carbons (Fsp3) is 0.435. The van der Waals surface area contributed by atoms with Crippen LogP contribution in [0.25, 0.3) is 0 Å². The van der Waals surface area contributed by atoms with Crippen molar-refractivity contribution in [3.63, 3.8) is 0 Å². The maximum atomic E-state index is 12.4. The zero-order valence-electron chi connectivity index (χ0n) is 16.9. The third kappa shape index (κ3) is 5.34. The number of nitrogens with zero attached hydrogens (tertiary/aromatic N) is 3. The highest BCUT2D eigenvalue weighted by atomic mass is 16.1. The van der Waals surface area contributed by atoms with Crippen molar-refractivity contribution < 1.29 is 4.79 Å². The first-order valence-electron chi connectivity index (χ1n) is 10.7. The van der Waals surface area contributed by atoms with E-state index in [0.717, 1.165) is 31.6 Å². The Morgan fingerprint density at radius 1 is 1.03 bits per heavy atom. The van der Waals surface area contributed by atoms with Gasteiger partial charge in [-0.15, -0.1) is 0 Å². The minimum atomic E-state index is -0.156. The van der Waals surface area contributed by atoms with Crippen molar-refractivity contribution in [3.8, 4) is 0 Å². The monoisotopic (exact) mass is 391 g/mol. The van der Waals surface area contributed by atoms with Crippen LogP contribution in [0.3, 0.4) is 0 Å². The number of hydrogen-bond acceptors (Lipinski definition) is 5. The van der Waals surface area contributed by atoms with Gasteiger partial charge >= 0.3 is 0 Å². The minimum Gasteiger partial charge on any atom is -0.372 e. The van der Waals surface area contributed by atoms with Crippen LogP contribution in [0.2, 0.25) is 0 Å². The number of anilines is 3. The molecule has 0 bridgehead atoms. The van der Waals surface area contributed by atoms with Crippen molar-refractivity contribution in [2.45, 2.75) is 44.9 Å². The van der Waals surface area contributed by atoms with Crippen LogP contribution in [-0.4, -0.2) is 35.5 Å². The van der Waals surface area contributed by atoms with Crippen molar-refractivity contribution in [1.29, 1.82) is 0 Å². The van der Waals surface area contributed by atoms with E-state index in [-0.39, 0.29) is 5.91 Å². The van der Waals surface area contributed by atoms with Crippen LogP contribution in [-0.2, 0) is 0 Å². The third-order valence-corrected chi connectivity index (χ3v) is 5.60. The van der Waals surface area contributed by atoms with Crippen molar-refractivity contribution in [1.82, 2.24) is 15.3 Å². The van der Waals surface area contributed by atoms with Gasteiger partial charge in [0.05, 0.1) is 0 Å². The molecule has 0 spiro atoms. The molecule has 2 aliphatic rings. The molecule has 0 unspecified atom stereocenters. The summed E-state index contributed by atoms with van der Waals surface area (Å²) in [6.45, 7) is 2.91. The van der Waals surface area contributed by atoms with Gasteiger partial charge in [0.25, 0.3) is 5.91 Å². The van der Waals surface area contributed by atoms with Gasteiger partial charge in [-0.3, -0.25) is 4.79 Å². The highest BCUT2D eigenvalue weighted by Crippen LogP contribution is 2.23. The van der Waals surface area contributed by atoms with Crippen molar-refractivity contribution in [2.24, 2.45) is 0 Å². The number of rotatable bonds is 7. The molecule has 1 aromatic heterocycles. The molecule has 0 atom stereocenters. The predicted molar refractivity (Wildman–Crippen MR) is 117 cm³/mol. The number of aromatic nitrogens is 2. The molecule has 0 radical (unpaired) electrons. The van der Waals surface area contributed by atoms with E-state index < -0.39 is 0 Å². The molecule has 6 nitrogen and oxygen atoms in total. The van der Waals surface area contributed by atoms with Crippen LogP contribution >= 0.6 is 0 Å². The molecule has 2 N–H and O–H groups in total. The first-order chi connectivity index (χ1) is 14.3. The number of carbonyl (C=O) groups excluding carboxylic acids is 1. The summed E-state index contributed by atoms with van der Waals surface area (Å²) in [4.78, 5) is 23.4. The summed E-state index contributed by atoms with van der Waals surface area (Å²) in [6, 6.07) is 9.94. The van der Waals surface area contributed by atoms with Gasteiger partial charge in [-0.1, -0.05) is 11.6 Å². The van der Waals surface area contributed by atoms with Gasteiger partial charge in [-0.05, 0) is 75.3 Å². The molecule has 4 rings (SSSR count). The molecule has 1 saturated heterocycles. The number of allylic oxidation sites excluding steroid dienone is 1. The molecule has 29 heavy (non-hydrogen) atoms. The van der Waals surface area contributed by atoms with Crippen LogP contribution in [0.5, 0.6) is 0 Å². The van der Waals surface area contributed by atoms with E-state index in [1.54, 1.807) is 12.3 Å². The summed E-state index contributed by atoms with van der Waals surface area (Å²) >= 11 is 0. The average molecular weight is 392 g/mol. The quantitative estimate of drug-likeness (QED) is 0.683. The summed E-state index contributed by atoms with van der Waals surface area (Å²) in [5, 5.41) is 6.17. The summed E-state index contributed by atoms with van der Waals surface area (Å²) < 4.78 is 0. The molecular weight excluding hydrogens is 362 g/mol. The van der Waals surface area contributed by atoms with Crippen molar-refractivity contribution >= 4 is 23.2 Å². The first kappa shape index (κ1) is 19.4. The smallest absolute Gasteiger partial charge is 0.270 e. The second kappa shape index (κ2) is 9.54. The molecule has 152 valence electrons. The van der Waals surface area contributed by atoms with E-state index in [4.69, 9.17) is 0 Å². The third-order valence-electron chi connectivity index (χ3n) is 5.60. The Morgan fingerprint density at radius 3 is 2.62 bits per heavy atom. The lowest BCUT2D eigenvalue weighted by Crippen LogP contribution is -2.26. The maximum absolute atomic E-state index is 12.4. The Hall–Kier alpha value is -2.89. The van der Waals surface area contributed by atoms with Gasteiger partial charge in [0.15, 0.2) is 0 Å². The zero-order valence-corrected chi connectivity index (χ0v) is 16.9. The molecule has 1 amide bonds. The summed E-state index contributed by atoms with van der Waals surface area (Å²) in [5.41, 5.74) is 4.00. The average Bonchev–Trinajstić information content (AvgIpc) is 3.30. The highest BCUT2D eigenvalue weighted by molar-refractivity contribution is 5.92. The number of amides is 1. The molecule has 6 heteroatoms. The van der Waals surface area contributed by atoms with Gasteiger partial charge in [0.2, 0.25) is 5.95 Å². The van der Waals surface area contributed by atoms with Crippen molar-refractivity contribution in [3.05, 3.63) is 53.9 Å². The number of carbonyl (C=O) groups is 1. The Morgan fingerprint density at radius 2 is 1.86 bits per heavy atom. The second-order valence-electron chi connectivity index (χ2n) is 7.75.